The molecule has 0 fully saturated rings. The number of rotatable bonds is 4. The second-order valence-corrected chi connectivity index (χ2v) is 8.00. The number of pyridine rings is 1. The molecule has 0 radical (unpaired) electrons. The maximum Gasteiger partial charge on any atom is 0.226 e. The van der Waals surface area contributed by atoms with Crippen LogP contribution in [0.3, 0.4) is 0 Å². The van der Waals surface area contributed by atoms with Gasteiger partial charge >= 0.3 is 0 Å². The average molecular weight is 441 g/mol. The second-order valence-electron chi connectivity index (χ2n) is 8.00. The summed E-state index contributed by atoms with van der Waals surface area (Å²) < 4.78 is 15.9. The maximum atomic E-state index is 14.3. The Labute approximate surface area is 188 Å². The van der Waals surface area contributed by atoms with E-state index in [-0.39, 0.29) is 11.9 Å². The van der Waals surface area contributed by atoms with Crippen molar-refractivity contribution in [1.29, 1.82) is 0 Å². The van der Waals surface area contributed by atoms with Crippen LogP contribution in [0.4, 0.5) is 10.3 Å². The van der Waals surface area contributed by atoms with Crippen molar-refractivity contribution in [2.45, 2.75) is 18.6 Å². The van der Waals surface area contributed by atoms with Crippen LogP contribution in [0, 0.1) is 5.82 Å². The van der Waals surface area contributed by atoms with Gasteiger partial charge in [0, 0.05) is 42.8 Å². The summed E-state index contributed by atoms with van der Waals surface area (Å²) in [4.78, 5) is 18.9. The molecule has 6 rings (SSSR count). The minimum atomic E-state index is -0.809. The van der Waals surface area contributed by atoms with Crippen LogP contribution in [0.1, 0.15) is 40.4 Å². The summed E-state index contributed by atoms with van der Waals surface area (Å²) in [6.07, 6.45) is 6.59. The number of aromatic amines is 1. The molecule has 4 aromatic heterocycles. The molecule has 5 aromatic rings. The highest BCUT2D eigenvalue weighted by molar-refractivity contribution is 5.53. The van der Waals surface area contributed by atoms with E-state index in [2.05, 4.69) is 25.0 Å². The van der Waals surface area contributed by atoms with Crippen LogP contribution in [0.5, 0.6) is 0 Å². The fourth-order valence-corrected chi connectivity index (χ4v) is 4.37. The van der Waals surface area contributed by atoms with Gasteiger partial charge in [-0.05, 0) is 23.8 Å². The molecule has 8 nitrogen and oxygen atoms in total. The summed E-state index contributed by atoms with van der Waals surface area (Å²) in [5.74, 6) is 0.159. The SMILES string of the molecule is O[C@@H](c1ccccc1)c1cnc(N2CCc3[nH]cnc3[C@H]2c2cc3c(F)cccn3n2)nc1. The van der Waals surface area contributed by atoms with Gasteiger partial charge in [0.05, 0.1) is 17.7 Å². The Morgan fingerprint density at radius 2 is 1.85 bits per heavy atom. The van der Waals surface area contributed by atoms with E-state index in [9.17, 15) is 9.50 Å². The molecule has 5 heterocycles. The van der Waals surface area contributed by atoms with Crippen LogP contribution in [0.25, 0.3) is 5.52 Å². The molecule has 0 amide bonds. The van der Waals surface area contributed by atoms with E-state index in [0.29, 0.717) is 29.3 Å². The van der Waals surface area contributed by atoms with E-state index in [1.54, 1.807) is 37.1 Å². The van der Waals surface area contributed by atoms with Crippen molar-refractivity contribution in [1.82, 2.24) is 29.5 Å². The number of aromatic nitrogens is 6. The molecular weight excluding hydrogens is 421 g/mol. The zero-order valence-corrected chi connectivity index (χ0v) is 17.5. The Balaban J connectivity index is 1.38. The molecule has 164 valence electrons. The van der Waals surface area contributed by atoms with Gasteiger partial charge in [0.1, 0.15) is 23.5 Å². The van der Waals surface area contributed by atoms with Crippen molar-refractivity contribution in [2.75, 3.05) is 11.4 Å². The van der Waals surface area contributed by atoms with Gasteiger partial charge in [0.15, 0.2) is 0 Å². The Bertz CT molecular complexity index is 1410. The van der Waals surface area contributed by atoms with Crippen molar-refractivity contribution < 1.29 is 9.50 Å². The molecule has 2 N–H and O–H groups in total. The third-order valence-corrected chi connectivity index (χ3v) is 6.02. The number of aliphatic hydroxyl groups excluding tert-OH is 1. The molecule has 33 heavy (non-hydrogen) atoms. The standard InChI is InChI=1S/C24H20FN7O/c25-17-7-4-9-32-20(17)11-19(30-32)22-21-18(28-14-29-21)8-10-31(22)24-26-12-16(13-27-24)23(33)15-5-2-1-3-6-15/h1-7,9,11-14,22-23,33H,8,10H2,(H,28,29)/t22-,23+/m1/s1. The van der Waals surface area contributed by atoms with Gasteiger partial charge in [-0.25, -0.2) is 23.9 Å². The van der Waals surface area contributed by atoms with Crippen LogP contribution >= 0.6 is 0 Å². The Hall–Kier alpha value is -4.11. The summed E-state index contributed by atoms with van der Waals surface area (Å²) in [5.41, 5.74) is 4.28. The Morgan fingerprint density at radius 1 is 1.03 bits per heavy atom. The van der Waals surface area contributed by atoms with Gasteiger partial charge < -0.3 is 15.0 Å². The van der Waals surface area contributed by atoms with Crippen molar-refractivity contribution in [3.05, 3.63) is 107 Å². The number of nitrogens with zero attached hydrogens (tertiary/aromatic N) is 6. The van der Waals surface area contributed by atoms with Crippen LogP contribution in [0.15, 0.2) is 73.4 Å². The van der Waals surface area contributed by atoms with Crippen LogP contribution < -0.4 is 4.90 Å². The topological polar surface area (TPSA) is 95.2 Å². The lowest BCUT2D eigenvalue weighted by Gasteiger charge is -2.34. The van der Waals surface area contributed by atoms with Gasteiger partial charge in [-0.15, -0.1) is 0 Å². The summed E-state index contributed by atoms with van der Waals surface area (Å²) in [7, 11) is 0. The highest BCUT2D eigenvalue weighted by atomic mass is 19.1. The molecule has 0 spiro atoms. The molecule has 1 aromatic carbocycles. The number of aliphatic hydroxyl groups is 1. The van der Waals surface area contributed by atoms with E-state index in [0.717, 1.165) is 23.4 Å². The lowest BCUT2D eigenvalue weighted by Crippen LogP contribution is -2.37. The zero-order chi connectivity index (χ0) is 22.4. The van der Waals surface area contributed by atoms with E-state index >= 15 is 0 Å². The third-order valence-electron chi connectivity index (χ3n) is 6.02. The molecule has 1 aliphatic heterocycles. The summed E-state index contributed by atoms with van der Waals surface area (Å²) in [6.45, 7) is 0.636. The first kappa shape index (κ1) is 19.6. The maximum absolute atomic E-state index is 14.3. The van der Waals surface area contributed by atoms with Gasteiger partial charge in [0.2, 0.25) is 5.95 Å². The highest BCUT2D eigenvalue weighted by Gasteiger charge is 2.34. The number of H-pyrrole nitrogens is 1. The lowest BCUT2D eigenvalue weighted by atomic mass is 10.00. The Kier molecular flexibility index (Phi) is 4.62. The fraction of sp³-hybridized carbons (Fsp3) is 0.167. The minimum absolute atomic E-state index is 0.337. The van der Waals surface area contributed by atoms with Crippen LogP contribution in [-0.2, 0) is 6.42 Å². The predicted molar refractivity (Wildman–Crippen MR) is 119 cm³/mol. The highest BCUT2D eigenvalue weighted by Crippen LogP contribution is 2.35. The third kappa shape index (κ3) is 3.33. The number of hydrogen-bond acceptors (Lipinski definition) is 6. The summed E-state index contributed by atoms with van der Waals surface area (Å²) in [5, 5.41) is 15.3. The van der Waals surface area contributed by atoms with Crippen LogP contribution in [0.2, 0.25) is 0 Å². The van der Waals surface area contributed by atoms with Crippen molar-refractivity contribution >= 4 is 11.5 Å². The van der Waals surface area contributed by atoms with Gasteiger partial charge in [-0.3, -0.25) is 0 Å². The molecule has 9 heteroatoms. The van der Waals surface area contributed by atoms with E-state index in [1.807, 2.05) is 35.2 Å². The van der Waals surface area contributed by atoms with E-state index in [4.69, 9.17) is 0 Å². The van der Waals surface area contributed by atoms with Crippen LogP contribution in [-0.4, -0.2) is 41.2 Å². The molecular formula is C24H20FN7O. The molecule has 0 aliphatic carbocycles. The van der Waals surface area contributed by atoms with Crippen molar-refractivity contribution in [3.63, 3.8) is 0 Å². The van der Waals surface area contributed by atoms with E-state index in [1.165, 1.54) is 10.6 Å². The largest absolute Gasteiger partial charge is 0.384 e. The first-order valence-corrected chi connectivity index (χ1v) is 10.7. The molecule has 0 bridgehead atoms. The normalized spacial score (nSPS) is 16.7. The number of nitrogens with one attached hydrogen (secondary N) is 1. The number of benzene rings is 1. The first-order valence-electron chi connectivity index (χ1n) is 10.7. The monoisotopic (exact) mass is 441 g/mol. The van der Waals surface area contributed by atoms with Gasteiger partial charge in [-0.2, -0.15) is 5.10 Å². The number of anilines is 1. The number of imidazole rings is 1. The lowest BCUT2D eigenvalue weighted by molar-refractivity contribution is 0.219. The van der Waals surface area contributed by atoms with Crippen molar-refractivity contribution in [2.24, 2.45) is 0 Å². The molecule has 0 saturated heterocycles. The summed E-state index contributed by atoms with van der Waals surface area (Å²) >= 11 is 0. The number of halogens is 1. The summed E-state index contributed by atoms with van der Waals surface area (Å²) in [6, 6.07) is 13.8. The molecule has 0 saturated carbocycles. The number of fused-ring (bicyclic) bond motifs is 2. The zero-order valence-electron chi connectivity index (χ0n) is 17.5. The minimum Gasteiger partial charge on any atom is -0.384 e. The van der Waals surface area contributed by atoms with Gasteiger partial charge in [-0.1, -0.05) is 30.3 Å². The Morgan fingerprint density at radius 3 is 2.64 bits per heavy atom. The smallest absolute Gasteiger partial charge is 0.226 e. The molecule has 1 aliphatic rings. The average Bonchev–Trinajstić information content (AvgIpc) is 3.51. The van der Waals surface area contributed by atoms with Crippen molar-refractivity contribution in [3.8, 4) is 0 Å². The molecule has 2 atom stereocenters. The quantitative estimate of drug-likeness (QED) is 0.445. The second kappa shape index (κ2) is 7.79. The van der Waals surface area contributed by atoms with E-state index < -0.39 is 6.10 Å². The fourth-order valence-electron chi connectivity index (χ4n) is 4.37. The number of hydrogen-bond donors (Lipinski definition) is 2. The van der Waals surface area contributed by atoms with Gasteiger partial charge in [0.25, 0.3) is 0 Å². The first-order chi connectivity index (χ1) is 16.2. The predicted octanol–water partition coefficient (Wildman–Crippen LogP) is 3.22. The molecule has 0 unspecified atom stereocenters.